The Hall–Kier alpha value is -1.89. The summed E-state index contributed by atoms with van der Waals surface area (Å²) >= 11 is 0. The van der Waals surface area contributed by atoms with Crippen molar-refractivity contribution in [1.29, 1.82) is 5.26 Å². The summed E-state index contributed by atoms with van der Waals surface area (Å²) in [6.07, 6.45) is 2.15. The van der Waals surface area contributed by atoms with Crippen molar-refractivity contribution in [2.75, 3.05) is 0 Å². The van der Waals surface area contributed by atoms with Crippen molar-refractivity contribution in [3.05, 3.63) is 29.1 Å². The number of nitrogens with zero attached hydrogens (tertiary/aromatic N) is 2. The predicted molar refractivity (Wildman–Crippen MR) is 63.4 cm³/mol. The molecule has 1 aromatic heterocycles. The van der Waals surface area contributed by atoms with Crippen LogP contribution in [0.15, 0.2) is 12.1 Å². The number of aromatic nitrogens is 1. The van der Waals surface area contributed by atoms with Crippen molar-refractivity contribution in [3.8, 4) is 6.07 Å². The van der Waals surface area contributed by atoms with E-state index in [4.69, 9.17) is 5.26 Å². The Kier molecular flexibility index (Phi) is 2.84. The fourth-order valence-corrected chi connectivity index (χ4v) is 1.71. The monoisotopic (exact) mass is 229 g/mol. The third-order valence-electron chi connectivity index (χ3n) is 3.23. The van der Waals surface area contributed by atoms with E-state index < -0.39 is 0 Å². The van der Waals surface area contributed by atoms with Gasteiger partial charge in [-0.15, -0.1) is 0 Å². The van der Waals surface area contributed by atoms with Crippen LogP contribution in [0.4, 0.5) is 0 Å². The zero-order valence-electron chi connectivity index (χ0n) is 10.1. The predicted octanol–water partition coefficient (Wildman–Crippen LogP) is 1.87. The van der Waals surface area contributed by atoms with Crippen LogP contribution in [0.1, 0.15) is 41.0 Å². The molecule has 1 amide bonds. The van der Waals surface area contributed by atoms with Crippen LogP contribution in [0.3, 0.4) is 0 Å². The van der Waals surface area contributed by atoms with Crippen LogP contribution in [-0.2, 0) is 0 Å². The Bertz CT molecular complexity index is 498. The number of pyridine rings is 1. The summed E-state index contributed by atoms with van der Waals surface area (Å²) in [4.78, 5) is 16.2. The number of carbonyl (C=O) groups excluding carboxylic acids is 1. The number of rotatable bonds is 3. The van der Waals surface area contributed by atoms with Crippen LogP contribution in [-0.4, -0.2) is 16.4 Å². The van der Waals surface area contributed by atoms with Crippen LogP contribution in [0.25, 0.3) is 0 Å². The van der Waals surface area contributed by atoms with E-state index in [0.717, 1.165) is 24.1 Å². The van der Waals surface area contributed by atoms with Gasteiger partial charge in [0.1, 0.15) is 5.69 Å². The zero-order valence-corrected chi connectivity index (χ0v) is 10.1. The lowest BCUT2D eigenvalue weighted by Crippen LogP contribution is -2.37. The van der Waals surface area contributed by atoms with Gasteiger partial charge in [0.2, 0.25) is 0 Å². The minimum Gasteiger partial charge on any atom is -0.344 e. The van der Waals surface area contributed by atoms with E-state index in [-0.39, 0.29) is 11.4 Å². The summed E-state index contributed by atoms with van der Waals surface area (Å²) in [6, 6.07) is 5.72. The Balaban J connectivity index is 2.10. The molecule has 1 heterocycles. The maximum absolute atomic E-state index is 12.0. The minimum absolute atomic E-state index is 0.180. The Morgan fingerprint density at radius 2 is 2.24 bits per heavy atom. The molecule has 0 aliphatic heterocycles. The van der Waals surface area contributed by atoms with Crippen molar-refractivity contribution in [1.82, 2.24) is 10.3 Å². The van der Waals surface area contributed by atoms with Gasteiger partial charge in [0, 0.05) is 5.69 Å². The van der Waals surface area contributed by atoms with E-state index in [9.17, 15) is 4.79 Å². The average molecular weight is 229 g/mol. The van der Waals surface area contributed by atoms with Gasteiger partial charge in [-0.3, -0.25) is 4.79 Å². The lowest BCUT2D eigenvalue weighted by molar-refractivity contribution is 0.0927. The number of nitriles is 1. The molecular weight excluding hydrogens is 214 g/mol. The molecule has 17 heavy (non-hydrogen) atoms. The first-order valence-electron chi connectivity index (χ1n) is 5.70. The van der Waals surface area contributed by atoms with Gasteiger partial charge in [-0.1, -0.05) is 6.07 Å². The maximum atomic E-state index is 12.0. The first-order valence-corrected chi connectivity index (χ1v) is 5.70. The summed E-state index contributed by atoms with van der Waals surface area (Å²) in [6.45, 7) is 3.84. The van der Waals surface area contributed by atoms with Crippen LogP contribution < -0.4 is 5.32 Å². The van der Waals surface area contributed by atoms with E-state index in [1.165, 1.54) is 0 Å². The molecule has 1 aromatic rings. The van der Waals surface area contributed by atoms with Crippen molar-refractivity contribution in [2.24, 2.45) is 0 Å². The molecule has 0 atom stereocenters. The third-order valence-corrected chi connectivity index (χ3v) is 3.23. The normalized spacial score (nSPS) is 16.1. The second kappa shape index (κ2) is 4.17. The Morgan fingerprint density at radius 3 is 2.76 bits per heavy atom. The number of aryl methyl sites for hydroxylation is 2. The number of carbonyl (C=O) groups is 1. The lowest BCUT2D eigenvalue weighted by Gasteiger charge is -2.13. The second-order valence-corrected chi connectivity index (χ2v) is 4.67. The van der Waals surface area contributed by atoms with Gasteiger partial charge >= 0.3 is 0 Å². The molecule has 0 spiro atoms. The standard InChI is InChI=1S/C13H15N3O/c1-9-3-4-11(15-10(9)2)12(17)16-13(5-6-13)7-8-14/h3-4H,5-7H2,1-2H3,(H,16,17). The van der Waals surface area contributed by atoms with Gasteiger partial charge in [-0.05, 0) is 38.3 Å². The van der Waals surface area contributed by atoms with Gasteiger partial charge in [0.15, 0.2) is 0 Å². The summed E-state index contributed by atoms with van der Waals surface area (Å²) in [7, 11) is 0. The molecule has 1 aliphatic carbocycles. The smallest absolute Gasteiger partial charge is 0.270 e. The molecule has 1 aliphatic rings. The molecule has 0 bridgehead atoms. The maximum Gasteiger partial charge on any atom is 0.270 e. The molecule has 0 unspecified atom stereocenters. The largest absolute Gasteiger partial charge is 0.344 e. The zero-order chi connectivity index (χ0) is 12.5. The number of nitrogens with one attached hydrogen (secondary N) is 1. The molecule has 4 heteroatoms. The summed E-state index contributed by atoms with van der Waals surface area (Å²) in [5.41, 5.74) is 2.08. The van der Waals surface area contributed by atoms with Gasteiger partial charge in [-0.2, -0.15) is 5.26 Å². The molecule has 2 rings (SSSR count). The van der Waals surface area contributed by atoms with Crippen LogP contribution in [0, 0.1) is 25.2 Å². The van der Waals surface area contributed by atoms with Gasteiger partial charge < -0.3 is 5.32 Å². The summed E-state index contributed by atoms with van der Waals surface area (Å²) in [5, 5.41) is 11.6. The fourth-order valence-electron chi connectivity index (χ4n) is 1.71. The van der Waals surface area contributed by atoms with Gasteiger partial charge in [0.25, 0.3) is 5.91 Å². The van der Waals surface area contributed by atoms with Gasteiger partial charge in [-0.25, -0.2) is 4.98 Å². The molecule has 0 saturated heterocycles. The number of hydrogen-bond donors (Lipinski definition) is 1. The van der Waals surface area contributed by atoms with Crippen molar-refractivity contribution < 1.29 is 4.79 Å². The number of hydrogen-bond acceptors (Lipinski definition) is 3. The highest BCUT2D eigenvalue weighted by Crippen LogP contribution is 2.38. The quantitative estimate of drug-likeness (QED) is 0.860. The molecule has 0 aromatic carbocycles. The molecule has 4 nitrogen and oxygen atoms in total. The number of amides is 1. The van der Waals surface area contributed by atoms with E-state index in [1.807, 2.05) is 19.9 Å². The van der Waals surface area contributed by atoms with E-state index in [1.54, 1.807) is 6.07 Å². The highest BCUT2D eigenvalue weighted by molar-refractivity contribution is 5.93. The highest BCUT2D eigenvalue weighted by atomic mass is 16.2. The third kappa shape index (κ3) is 2.44. The molecule has 1 fully saturated rings. The molecule has 0 radical (unpaired) electrons. The summed E-state index contributed by atoms with van der Waals surface area (Å²) < 4.78 is 0. The van der Waals surface area contributed by atoms with E-state index in [0.29, 0.717) is 12.1 Å². The van der Waals surface area contributed by atoms with Gasteiger partial charge in [0.05, 0.1) is 18.0 Å². The molecular formula is C13H15N3O. The van der Waals surface area contributed by atoms with Crippen molar-refractivity contribution >= 4 is 5.91 Å². The highest BCUT2D eigenvalue weighted by Gasteiger charge is 2.44. The second-order valence-electron chi connectivity index (χ2n) is 4.67. The average Bonchev–Trinajstić information content (AvgIpc) is 3.02. The fraction of sp³-hybridized carbons (Fsp3) is 0.462. The summed E-state index contributed by atoms with van der Waals surface area (Å²) in [5.74, 6) is -0.180. The van der Waals surface area contributed by atoms with Crippen molar-refractivity contribution in [3.63, 3.8) is 0 Å². The Morgan fingerprint density at radius 1 is 1.53 bits per heavy atom. The first-order chi connectivity index (χ1) is 8.06. The SMILES string of the molecule is Cc1ccc(C(=O)NC2(CC#N)CC2)nc1C. The topological polar surface area (TPSA) is 65.8 Å². The molecule has 1 N–H and O–H groups in total. The first kappa shape index (κ1) is 11.6. The van der Waals surface area contributed by atoms with E-state index >= 15 is 0 Å². The van der Waals surface area contributed by atoms with Crippen LogP contribution >= 0.6 is 0 Å². The van der Waals surface area contributed by atoms with E-state index in [2.05, 4.69) is 16.4 Å². The molecule has 1 saturated carbocycles. The van der Waals surface area contributed by atoms with Crippen LogP contribution in [0.5, 0.6) is 0 Å². The Labute approximate surface area is 101 Å². The molecule has 88 valence electrons. The minimum atomic E-state index is -0.285. The van der Waals surface area contributed by atoms with Crippen molar-refractivity contribution in [2.45, 2.75) is 38.6 Å². The lowest BCUT2D eigenvalue weighted by atomic mass is 10.1. The van der Waals surface area contributed by atoms with Crippen LogP contribution in [0.2, 0.25) is 0 Å².